The number of hydrogen-bond donors (Lipinski definition) is 0. The van der Waals surface area contributed by atoms with Gasteiger partial charge in [0.25, 0.3) is 0 Å². The molecule has 1 atom stereocenters. The highest BCUT2D eigenvalue weighted by Crippen LogP contribution is 2.14. The van der Waals surface area contributed by atoms with Gasteiger partial charge in [-0.1, -0.05) is 104 Å². The van der Waals surface area contributed by atoms with Crippen LogP contribution in [0.15, 0.2) is 0 Å². The summed E-state index contributed by atoms with van der Waals surface area (Å²) in [5.41, 5.74) is 0. The lowest BCUT2D eigenvalue weighted by atomic mass is 10.0. The average molecular weight is 356 g/mol. The molecule has 0 heterocycles. The lowest BCUT2D eigenvalue weighted by molar-refractivity contribution is -0.879. The standard InChI is InChI=1S/C23H49NO/c1-4-7-8-9-10-11-12-13-14-15-16-17-18-19-20-21-23-24(25,6-3)22-5-2/h4-23H2,1-3H3. The highest BCUT2D eigenvalue weighted by atomic mass is 16.5. The molecule has 0 fully saturated rings. The maximum absolute atomic E-state index is 12.4. The van der Waals surface area contributed by atoms with Crippen LogP contribution in [0.1, 0.15) is 130 Å². The fourth-order valence-electron chi connectivity index (χ4n) is 3.78. The zero-order valence-corrected chi connectivity index (χ0v) is 18.0. The smallest absolute Gasteiger partial charge is 0.0783 e. The van der Waals surface area contributed by atoms with Crippen LogP contribution in [0, 0.1) is 5.21 Å². The third-order valence-electron chi connectivity index (χ3n) is 5.63. The maximum Gasteiger partial charge on any atom is 0.0783 e. The molecule has 0 aromatic carbocycles. The minimum atomic E-state index is 0.0368. The molecule has 2 heteroatoms. The Morgan fingerprint density at radius 2 is 0.800 bits per heavy atom. The summed E-state index contributed by atoms with van der Waals surface area (Å²) in [4.78, 5) is 0. The number of hydroxylamine groups is 3. The first kappa shape index (κ1) is 24.9. The SMILES string of the molecule is CCCCCCCCCCCCCCCCCC[N+]([O-])(CC)CCC. The molecule has 0 N–H and O–H groups in total. The normalized spacial score (nSPS) is 13.9. The number of rotatable bonds is 20. The number of hydrogen-bond acceptors (Lipinski definition) is 1. The van der Waals surface area contributed by atoms with Gasteiger partial charge in [0.05, 0.1) is 19.6 Å². The second kappa shape index (κ2) is 18.7. The Labute approximate surface area is 159 Å². The van der Waals surface area contributed by atoms with Gasteiger partial charge in [0.15, 0.2) is 0 Å². The molecule has 25 heavy (non-hydrogen) atoms. The largest absolute Gasteiger partial charge is 0.633 e. The van der Waals surface area contributed by atoms with Crippen LogP contribution in [-0.2, 0) is 0 Å². The van der Waals surface area contributed by atoms with Crippen LogP contribution in [0.4, 0.5) is 0 Å². The van der Waals surface area contributed by atoms with Crippen LogP contribution in [0.5, 0.6) is 0 Å². The van der Waals surface area contributed by atoms with Crippen LogP contribution in [0.3, 0.4) is 0 Å². The third kappa shape index (κ3) is 17.1. The molecule has 0 spiro atoms. The van der Waals surface area contributed by atoms with E-state index in [0.717, 1.165) is 32.5 Å². The topological polar surface area (TPSA) is 23.1 Å². The lowest BCUT2D eigenvalue weighted by Crippen LogP contribution is -2.43. The average Bonchev–Trinajstić information content (AvgIpc) is 2.61. The highest BCUT2D eigenvalue weighted by Gasteiger charge is 2.11. The molecule has 1 unspecified atom stereocenters. The molecular weight excluding hydrogens is 306 g/mol. The number of nitrogens with zero attached hydrogens (tertiary/aromatic N) is 1. The van der Waals surface area contributed by atoms with E-state index in [-0.39, 0.29) is 4.65 Å². The molecule has 0 aliphatic heterocycles. The van der Waals surface area contributed by atoms with E-state index in [9.17, 15) is 5.21 Å². The van der Waals surface area contributed by atoms with Crippen LogP contribution < -0.4 is 0 Å². The number of quaternary nitrogens is 1. The first-order valence-electron chi connectivity index (χ1n) is 11.8. The van der Waals surface area contributed by atoms with Crippen molar-refractivity contribution in [3.63, 3.8) is 0 Å². The molecule has 0 aromatic heterocycles. The summed E-state index contributed by atoms with van der Waals surface area (Å²) in [6, 6.07) is 0. The van der Waals surface area contributed by atoms with Crippen LogP contribution in [-0.4, -0.2) is 24.3 Å². The summed E-state index contributed by atoms with van der Waals surface area (Å²) in [5, 5.41) is 12.4. The van der Waals surface area contributed by atoms with Gasteiger partial charge < -0.3 is 9.85 Å². The van der Waals surface area contributed by atoms with E-state index in [2.05, 4.69) is 13.8 Å². The Bertz CT molecular complexity index is 256. The molecule has 0 aliphatic rings. The van der Waals surface area contributed by atoms with Crippen LogP contribution in [0.2, 0.25) is 0 Å². The van der Waals surface area contributed by atoms with Gasteiger partial charge in [0.1, 0.15) is 0 Å². The first-order valence-corrected chi connectivity index (χ1v) is 11.8. The van der Waals surface area contributed by atoms with Crippen molar-refractivity contribution in [3.8, 4) is 0 Å². The van der Waals surface area contributed by atoms with Gasteiger partial charge >= 0.3 is 0 Å². The van der Waals surface area contributed by atoms with E-state index >= 15 is 0 Å². The molecule has 152 valence electrons. The van der Waals surface area contributed by atoms with Gasteiger partial charge in [-0.05, 0) is 26.2 Å². The Balaban J connectivity index is 3.19. The van der Waals surface area contributed by atoms with E-state index in [1.807, 2.05) is 6.92 Å². The van der Waals surface area contributed by atoms with Gasteiger partial charge in [0, 0.05) is 0 Å². The van der Waals surface area contributed by atoms with Crippen LogP contribution in [0.25, 0.3) is 0 Å². The Kier molecular flexibility index (Phi) is 18.6. The second-order valence-corrected chi connectivity index (χ2v) is 8.12. The van der Waals surface area contributed by atoms with Crippen molar-refractivity contribution in [2.24, 2.45) is 0 Å². The molecule has 0 amide bonds. The molecule has 0 saturated carbocycles. The van der Waals surface area contributed by atoms with Crippen molar-refractivity contribution in [1.82, 2.24) is 0 Å². The first-order chi connectivity index (χ1) is 12.2. The van der Waals surface area contributed by atoms with Crippen molar-refractivity contribution in [2.45, 2.75) is 130 Å². The van der Waals surface area contributed by atoms with Gasteiger partial charge in [-0.2, -0.15) is 0 Å². The van der Waals surface area contributed by atoms with E-state index in [0.29, 0.717) is 0 Å². The Hall–Kier alpha value is -0.0800. The van der Waals surface area contributed by atoms with E-state index in [1.165, 1.54) is 96.3 Å². The zero-order chi connectivity index (χ0) is 18.6. The highest BCUT2D eigenvalue weighted by molar-refractivity contribution is 4.51. The summed E-state index contributed by atoms with van der Waals surface area (Å²) in [7, 11) is 0. The second-order valence-electron chi connectivity index (χ2n) is 8.12. The molecule has 0 saturated heterocycles. The monoisotopic (exact) mass is 355 g/mol. The predicted molar refractivity (Wildman–Crippen MR) is 114 cm³/mol. The van der Waals surface area contributed by atoms with E-state index < -0.39 is 0 Å². The van der Waals surface area contributed by atoms with Gasteiger partial charge in [-0.15, -0.1) is 0 Å². The summed E-state index contributed by atoms with van der Waals surface area (Å²) in [5.74, 6) is 0. The minimum absolute atomic E-state index is 0.0368. The minimum Gasteiger partial charge on any atom is -0.633 e. The molecular formula is C23H49NO. The van der Waals surface area contributed by atoms with Gasteiger partial charge in [0.2, 0.25) is 0 Å². The van der Waals surface area contributed by atoms with Gasteiger partial charge in [-0.25, -0.2) is 0 Å². The fraction of sp³-hybridized carbons (Fsp3) is 1.00. The quantitative estimate of drug-likeness (QED) is 0.123. The summed E-state index contributed by atoms with van der Waals surface area (Å²) in [6.07, 6.45) is 23.3. The van der Waals surface area contributed by atoms with Crippen molar-refractivity contribution in [1.29, 1.82) is 0 Å². The molecule has 0 aliphatic carbocycles. The van der Waals surface area contributed by atoms with Crippen molar-refractivity contribution < 1.29 is 4.65 Å². The molecule has 0 radical (unpaired) electrons. The predicted octanol–water partition coefficient (Wildman–Crippen LogP) is 7.99. The van der Waals surface area contributed by atoms with Gasteiger partial charge in [-0.3, -0.25) is 0 Å². The van der Waals surface area contributed by atoms with Crippen molar-refractivity contribution >= 4 is 0 Å². The lowest BCUT2D eigenvalue weighted by Gasteiger charge is -2.42. The summed E-state index contributed by atoms with van der Waals surface area (Å²) in [6.45, 7) is 8.82. The molecule has 0 aromatic rings. The van der Waals surface area contributed by atoms with Crippen molar-refractivity contribution in [2.75, 3.05) is 19.6 Å². The van der Waals surface area contributed by atoms with Crippen LogP contribution >= 0.6 is 0 Å². The summed E-state index contributed by atoms with van der Waals surface area (Å²) >= 11 is 0. The van der Waals surface area contributed by atoms with E-state index in [4.69, 9.17) is 0 Å². The number of unbranched alkanes of at least 4 members (excludes halogenated alkanes) is 15. The Morgan fingerprint density at radius 3 is 1.12 bits per heavy atom. The van der Waals surface area contributed by atoms with E-state index in [1.54, 1.807) is 0 Å². The molecule has 2 nitrogen and oxygen atoms in total. The fourth-order valence-corrected chi connectivity index (χ4v) is 3.78. The van der Waals surface area contributed by atoms with Crippen molar-refractivity contribution in [3.05, 3.63) is 5.21 Å². The zero-order valence-electron chi connectivity index (χ0n) is 18.0. The summed E-state index contributed by atoms with van der Waals surface area (Å²) < 4.78 is 0.0368. The Morgan fingerprint density at radius 1 is 0.440 bits per heavy atom. The maximum atomic E-state index is 12.4. The third-order valence-corrected chi connectivity index (χ3v) is 5.63. The molecule has 0 bridgehead atoms. The molecule has 0 rings (SSSR count).